The van der Waals surface area contributed by atoms with Crippen molar-refractivity contribution in [3.05, 3.63) is 61.6 Å². The molecule has 0 atom stereocenters. The van der Waals surface area contributed by atoms with Crippen LogP contribution in [0.25, 0.3) is 0 Å². The normalized spacial score (nSPS) is 10.3. The second-order valence-corrected chi connectivity index (χ2v) is 5.93. The SMILES string of the molecule is CC(=O)Nc1cc([N+](=O)[O-])cc(C)c1OCc1ccc(Cl)c(Cl)c1. The first-order valence-corrected chi connectivity index (χ1v) is 7.67. The van der Waals surface area contributed by atoms with E-state index in [2.05, 4.69) is 5.32 Å². The maximum atomic E-state index is 11.3. The van der Waals surface area contributed by atoms with Crippen LogP contribution in [0.2, 0.25) is 10.0 Å². The summed E-state index contributed by atoms with van der Waals surface area (Å²) in [5, 5.41) is 14.4. The summed E-state index contributed by atoms with van der Waals surface area (Å²) in [6, 6.07) is 7.73. The van der Waals surface area contributed by atoms with Crippen LogP contribution in [0.4, 0.5) is 11.4 Å². The number of benzene rings is 2. The van der Waals surface area contributed by atoms with Gasteiger partial charge in [0.05, 0.1) is 20.7 Å². The predicted octanol–water partition coefficient (Wildman–Crippen LogP) is 4.75. The van der Waals surface area contributed by atoms with E-state index in [1.165, 1.54) is 19.1 Å². The first kappa shape index (κ1) is 18.0. The standard InChI is InChI=1S/C16H14Cl2N2O4/c1-9-5-12(20(22)23)7-15(19-10(2)21)16(9)24-8-11-3-4-13(17)14(18)6-11/h3-7H,8H2,1-2H3,(H,19,21). The van der Waals surface area contributed by atoms with Gasteiger partial charge in [-0.1, -0.05) is 29.3 Å². The van der Waals surface area contributed by atoms with E-state index in [0.717, 1.165) is 5.56 Å². The Labute approximate surface area is 148 Å². The minimum absolute atomic E-state index is 0.127. The minimum Gasteiger partial charge on any atom is -0.486 e. The van der Waals surface area contributed by atoms with Crippen molar-refractivity contribution in [1.82, 2.24) is 0 Å². The summed E-state index contributed by atoms with van der Waals surface area (Å²) < 4.78 is 5.75. The third-order valence-corrected chi connectivity index (χ3v) is 3.89. The van der Waals surface area contributed by atoms with Crippen LogP contribution in [0, 0.1) is 17.0 Å². The monoisotopic (exact) mass is 368 g/mol. The van der Waals surface area contributed by atoms with E-state index in [-0.39, 0.29) is 23.9 Å². The number of rotatable bonds is 5. The number of amides is 1. The Balaban J connectivity index is 2.31. The van der Waals surface area contributed by atoms with Gasteiger partial charge in [-0.15, -0.1) is 0 Å². The molecule has 0 aromatic heterocycles. The molecule has 24 heavy (non-hydrogen) atoms. The van der Waals surface area contributed by atoms with Gasteiger partial charge < -0.3 is 10.1 Å². The molecule has 1 N–H and O–H groups in total. The summed E-state index contributed by atoms with van der Waals surface area (Å²) in [4.78, 5) is 21.8. The Hall–Kier alpha value is -2.31. The highest BCUT2D eigenvalue weighted by atomic mass is 35.5. The van der Waals surface area contributed by atoms with Crippen LogP contribution < -0.4 is 10.1 Å². The summed E-state index contributed by atoms with van der Waals surface area (Å²) in [6.07, 6.45) is 0. The third-order valence-electron chi connectivity index (χ3n) is 3.15. The van der Waals surface area contributed by atoms with E-state index in [9.17, 15) is 14.9 Å². The van der Waals surface area contributed by atoms with Crippen molar-refractivity contribution < 1.29 is 14.5 Å². The molecule has 126 valence electrons. The van der Waals surface area contributed by atoms with Crippen LogP contribution in [0.3, 0.4) is 0 Å². The molecule has 0 radical (unpaired) electrons. The number of carbonyl (C=O) groups is 1. The zero-order valence-electron chi connectivity index (χ0n) is 12.9. The molecule has 8 heteroatoms. The zero-order valence-corrected chi connectivity index (χ0v) is 14.4. The number of nitro groups is 1. The highest BCUT2D eigenvalue weighted by Gasteiger charge is 2.17. The summed E-state index contributed by atoms with van der Waals surface area (Å²) in [7, 11) is 0. The van der Waals surface area contributed by atoms with Crippen LogP contribution in [-0.2, 0) is 11.4 Å². The second kappa shape index (κ2) is 7.51. The molecular weight excluding hydrogens is 355 g/mol. The molecule has 2 aromatic carbocycles. The van der Waals surface area contributed by atoms with Gasteiger partial charge in [0.1, 0.15) is 12.4 Å². The smallest absolute Gasteiger partial charge is 0.272 e. The van der Waals surface area contributed by atoms with Crippen LogP contribution in [0.1, 0.15) is 18.1 Å². The number of hydrogen-bond acceptors (Lipinski definition) is 4. The van der Waals surface area contributed by atoms with E-state index >= 15 is 0 Å². The highest BCUT2D eigenvalue weighted by molar-refractivity contribution is 6.42. The molecule has 0 aliphatic rings. The summed E-state index contributed by atoms with van der Waals surface area (Å²) in [6.45, 7) is 3.15. The highest BCUT2D eigenvalue weighted by Crippen LogP contribution is 2.34. The fourth-order valence-corrected chi connectivity index (χ4v) is 2.44. The Bertz CT molecular complexity index is 809. The number of carbonyl (C=O) groups excluding carboxylic acids is 1. The number of halogens is 2. The average molecular weight is 369 g/mol. The number of nitrogens with one attached hydrogen (secondary N) is 1. The zero-order chi connectivity index (χ0) is 17.9. The van der Waals surface area contributed by atoms with Crippen molar-refractivity contribution in [2.24, 2.45) is 0 Å². The van der Waals surface area contributed by atoms with Crippen molar-refractivity contribution >= 4 is 40.5 Å². The first-order chi connectivity index (χ1) is 11.3. The van der Waals surface area contributed by atoms with Crippen molar-refractivity contribution in [3.63, 3.8) is 0 Å². The molecule has 0 heterocycles. The maximum Gasteiger partial charge on any atom is 0.272 e. The molecule has 0 saturated carbocycles. The molecule has 0 unspecified atom stereocenters. The number of non-ortho nitro benzene ring substituents is 1. The Kier molecular flexibility index (Phi) is 5.64. The van der Waals surface area contributed by atoms with Crippen molar-refractivity contribution in [2.75, 3.05) is 5.32 Å². The minimum atomic E-state index is -0.527. The van der Waals surface area contributed by atoms with Gasteiger partial charge in [0, 0.05) is 24.6 Å². The Morgan fingerprint density at radius 3 is 2.54 bits per heavy atom. The van der Waals surface area contributed by atoms with Crippen molar-refractivity contribution in [1.29, 1.82) is 0 Å². The van der Waals surface area contributed by atoms with Gasteiger partial charge in [0.2, 0.25) is 5.91 Å². The van der Waals surface area contributed by atoms with E-state index < -0.39 is 4.92 Å². The van der Waals surface area contributed by atoms with Gasteiger partial charge in [0.15, 0.2) is 0 Å². The molecule has 1 amide bonds. The summed E-state index contributed by atoms with van der Waals surface area (Å²) in [5.74, 6) is 0.0103. The van der Waals surface area contributed by atoms with Gasteiger partial charge in [-0.25, -0.2) is 0 Å². The van der Waals surface area contributed by atoms with Gasteiger partial charge in [-0.2, -0.15) is 0 Å². The van der Waals surface area contributed by atoms with Gasteiger partial charge in [-0.05, 0) is 24.6 Å². The molecule has 0 bridgehead atoms. The predicted molar refractivity (Wildman–Crippen MR) is 92.9 cm³/mol. The number of anilines is 1. The number of ether oxygens (including phenoxy) is 1. The van der Waals surface area contributed by atoms with Gasteiger partial charge in [-0.3, -0.25) is 14.9 Å². The van der Waals surface area contributed by atoms with Crippen LogP contribution in [-0.4, -0.2) is 10.8 Å². The van der Waals surface area contributed by atoms with E-state index in [1.54, 1.807) is 25.1 Å². The molecule has 0 aliphatic carbocycles. The Morgan fingerprint density at radius 2 is 1.96 bits per heavy atom. The number of aryl methyl sites for hydroxylation is 1. The van der Waals surface area contributed by atoms with E-state index in [1.807, 2.05) is 0 Å². The maximum absolute atomic E-state index is 11.3. The number of hydrogen-bond donors (Lipinski definition) is 1. The fraction of sp³-hybridized carbons (Fsp3) is 0.188. The van der Waals surface area contributed by atoms with Crippen molar-refractivity contribution in [2.45, 2.75) is 20.5 Å². The quantitative estimate of drug-likeness (QED) is 0.609. The van der Waals surface area contributed by atoms with Gasteiger partial charge >= 0.3 is 0 Å². The van der Waals surface area contributed by atoms with Gasteiger partial charge in [0.25, 0.3) is 5.69 Å². The summed E-state index contributed by atoms with van der Waals surface area (Å²) in [5.41, 5.74) is 1.43. The number of nitro benzene ring substituents is 1. The van der Waals surface area contributed by atoms with E-state index in [0.29, 0.717) is 21.4 Å². The molecule has 0 saturated heterocycles. The van der Waals surface area contributed by atoms with Crippen LogP contribution >= 0.6 is 23.2 Å². The Morgan fingerprint density at radius 1 is 1.25 bits per heavy atom. The molecule has 2 rings (SSSR count). The molecular formula is C16H14Cl2N2O4. The average Bonchev–Trinajstić information content (AvgIpc) is 2.49. The van der Waals surface area contributed by atoms with Crippen molar-refractivity contribution in [3.8, 4) is 5.75 Å². The fourth-order valence-electron chi connectivity index (χ4n) is 2.12. The second-order valence-electron chi connectivity index (χ2n) is 5.11. The molecule has 6 nitrogen and oxygen atoms in total. The molecule has 0 spiro atoms. The molecule has 0 fully saturated rings. The lowest BCUT2D eigenvalue weighted by Gasteiger charge is -2.14. The third kappa shape index (κ3) is 4.37. The molecule has 0 aliphatic heterocycles. The van der Waals surface area contributed by atoms with Crippen LogP contribution in [0.5, 0.6) is 5.75 Å². The molecule has 2 aromatic rings. The van der Waals surface area contributed by atoms with E-state index in [4.69, 9.17) is 27.9 Å². The lowest BCUT2D eigenvalue weighted by molar-refractivity contribution is -0.384. The lowest BCUT2D eigenvalue weighted by Crippen LogP contribution is -2.09. The lowest BCUT2D eigenvalue weighted by atomic mass is 10.1. The van der Waals surface area contributed by atoms with Crippen LogP contribution in [0.15, 0.2) is 30.3 Å². The topological polar surface area (TPSA) is 81.5 Å². The summed E-state index contributed by atoms with van der Waals surface area (Å²) >= 11 is 11.8. The largest absolute Gasteiger partial charge is 0.486 e. The number of nitrogens with zero attached hydrogens (tertiary/aromatic N) is 1. The first-order valence-electron chi connectivity index (χ1n) is 6.91.